The second kappa shape index (κ2) is 8.83. The van der Waals surface area contributed by atoms with Crippen molar-refractivity contribution in [2.75, 3.05) is 0 Å². The Morgan fingerprint density at radius 2 is 1.50 bits per heavy atom. The number of allylic oxidation sites excluding steroid dienone is 1. The van der Waals surface area contributed by atoms with Gasteiger partial charge in [-0.3, -0.25) is 0 Å². The Labute approximate surface area is 43.6 Å². The Morgan fingerprint density at radius 1 is 1.50 bits per heavy atom. The highest BCUT2D eigenvalue weighted by atomic mass is 32.1. The second-order valence-electron chi connectivity index (χ2n) is 1.21. The highest BCUT2D eigenvalue weighted by Gasteiger charge is 1.51. The van der Waals surface area contributed by atoms with E-state index in [2.05, 4.69) is 19.1 Å². The van der Waals surface area contributed by atoms with E-state index in [0.717, 1.165) is 0 Å². The van der Waals surface area contributed by atoms with Crippen LogP contribution in [0.15, 0.2) is 12.2 Å². The van der Waals surface area contributed by atoms with E-state index in [9.17, 15) is 0 Å². The van der Waals surface area contributed by atoms with Crippen molar-refractivity contribution >= 4 is 12.5 Å². The van der Waals surface area contributed by atoms with Crippen LogP contribution in [-0.2, 0) is 12.5 Å². The molecule has 0 radical (unpaired) electrons. The van der Waals surface area contributed by atoms with Crippen LogP contribution in [0.4, 0.5) is 0 Å². The molecule has 1 nitrogen and oxygen atoms in total. The summed E-state index contributed by atoms with van der Waals surface area (Å²) in [7, 11) is 0. The van der Waals surface area contributed by atoms with E-state index >= 15 is 0 Å². The van der Waals surface area contributed by atoms with Gasteiger partial charge in [0.25, 0.3) is 0 Å². The minimum Gasteiger partial charge on any atom is -0.197 e. The molecule has 0 spiro atoms. The summed E-state index contributed by atoms with van der Waals surface area (Å²) in [5, 5.41) is 0. The molecule has 0 aromatic carbocycles. The summed E-state index contributed by atoms with van der Waals surface area (Å²) in [6.45, 7) is 7.50. The predicted octanol–water partition coefficient (Wildman–Crippen LogP) is 1.25. The fraction of sp³-hybridized carbons (Fsp3) is 0.500. The van der Waals surface area contributed by atoms with Gasteiger partial charge in [-0.15, -0.1) is 6.58 Å². The molecule has 0 aliphatic heterocycles. The fourth-order valence-electron chi connectivity index (χ4n) is 0. The lowest BCUT2D eigenvalue weighted by molar-refractivity contribution is 0.702. The zero-order chi connectivity index (χ0) is 5.58. The monoisotopic (exact) mass is 104 g/mol. The van der Waals surface area contributed by atoms with Crippen LogP contribution in [0.1, 0.15) is 13.8 Å². The van der Waals surface area contributed by atoms with Gasteiger partial charge in [0.1, 0.15) is 0 Å². The minimum absolute atomic E-state index is 1.17. The zero-order valence-corrected chi connectivity index (χ0v) is 4.84. The number of rotatable bonds is 0. The van der Waals surface area contributed by atoms with Crippen LogP contribution in [0.5, 0.6) is 0 Å². The first-order valence-electron chi connectivity index (χ1n) is 1.52. The van der Waals surface area contributed by atoms with Crippen molar-refractivity contribution in [2.24, 2.45) is 0 Å². The SMILES string of the molecule is C=C(C)C.O=S. The van der Waals surface area contributed by atoms with E-state index in [1.807, 2.05) is 13.8 Å². The topological polar surface area (TPSA) is 17.1 Å². The average Bonchev–Trinajstić information content (AvgIpc) is 1.41. The quantitative estimate of drug-likeness (QED) is 0.430. The zero-order valence-electron chi connectivity index (χ0n) is 4.02. The van der Waals surface area contributed by atoms with Crippen molar-refractivity contribution in [3.63, 3.8) is 0 Å². The highest BCUT2D eigenvalue weighted by molar-refractivity contribution is 7.44. The Kier molecular flexibility index (Phi) is 13.6. The molecule has 0 aliphatic rings. The summed E-state index contributed by atoms with van der Waals surface area (Å²) in [6, 6.07) is 0. The average molecular weight is 104 g/mol. The Balaban J connectivity index is 0. The van der Waals surface area contributed by atoms with Gasteiger partial charge < -0.3 is 0 Å². The van der Waals surface area contributed by atoms with Crippen LogP contribution in [0.2, 0.25) is 0 Å². The highest BCUT2D eigenvalue weighted by Crippen LogP contribution is 1.73. The molecule has 6 heavy (non-hydrogen) atoms. The first kappa shape index (κ1) is 9.23. The van der Waals surface area contributed by atoms with Gasteiger partial charge in [-0.2, -0.15) is 4.21 Å². The normalized spacial score (nSPS) is 5.00. The van der Waals surface area contributed by atoms with Crippen molar-refractivity contribution < 1.29 is 4.21 Å². The van der Waals surface area contributed by atoms with Crippen LogP contribution in [-0.4, -0.2) is 4.21 Å². The van der Waals surface area contributed by atoms with Crippen molar-refractivity contribution in [3.05, 3.63) is 12.2 Å². The van der Waals surface area contributed by atoms with E-state index in [1.54, 1.807) is 0 Å². The van der Waals surface area contributed by atoms with Gasteiger partial charge >= 0.3 is 0 Å². The molecule has 0 N–H and O–H groups in total. The van der Waals surface area contributed by atoms with Gasteiger partial charge in [0, 0.05) is 0 Å². The number of hydrogen-bond acceptors (Lipinski definition) is 2. The lowest BCUT2D eigenvalue weighted by atomic mass is 10.4. The van der Waals surface area contributed by atoms with Crippen molar-refractivity contribution in [1.29, 1.82) is 0 Å². The van der Waals surface area contributed by atoms with Crippen LogP contribution in [0, 0.1) is 0 Å². The summed E-state index contributed by atoms with van der Waals surface area (Å²) in [5.74, 6) is 0. The maximum atomic E-state index is 7.83. The third kappa shape index (κ3) is 497. The summed E-state index contributed by atoms with van der Waals surface area (Å²) < 4.78 is 7.83. The van der Waals surface area contributed by atoms with Crippen LogP contribution in [0.3, 0.4) is 0 Å². The Hall–Kier alpha value is -0.240. The lowest BCUT2D eigenvalue weighted by Crippen LogP contribution is -1.43. The molecule has 0 saturated carbocycles. The molecule has 0 rings (SSSR count). The summed E-state index contributed by atoms with van der Waals surface area (Å²) in [6.07, 6.45) is 0. The van der Waals surface area contributed by atoms with Crippen LogP contribution in [0.25, 0.3) is 0 Å². The predicted molar refractivity (Wildman–Crippen MR) is 28.6 cm³/mol. The summed E-state index contributed by atoms with van der Waals surface area (Å²) >= 11 is 2.83. The van der Waals surface area contributed by atoms with E-state index in [0.29, 0.717) is 0 Å². The summed E-state index contributed by atoms with van der Waals surface area (Å²) in [5.41, 5.74) is 1.17. The minimum atomic E-state index is 1.17. The second-order valence-corrected chi connectivity index (χ2v) is 1.21. The largest absolute Gasteiger partial charge is 0.197 e. The van der Waals surface area contributed by atoms with Crippen molar-refractivity contribution in [1.82, 2.24) is 0 Å². The smallest absolute Gasteiger partial charge is 0.197 e. The summed E-state index contributed by atoms with van der Waals surface area (Å²) in [4.78, 5) is 0. The number of hydrogen-bond donors (Lipinski definition) is 0. The maximum absolute atomic E-state index is 7.83. The molecule has 0 fully saturated rings. The van der Waals surface area contributed by atoms with Gasteiger partial charge in [-0.1, -0.05) is 5.57 Å². The van der Waals surface area contributed by atoms with Gasteiger partial charge in [-0.05, 0) is 13.8 Å². The molecule has 0 amide bonds. The molecule has 0 heterocycles. The van der Waals surface area contributed by atoms with Crippen LogP contribution >= 0.6 is 0 Å². The Bertz CT molecular complexity index is 38.8. The molecular weight excluding hydrogens is 96.1 g/mol. The molecule has 0 unspecified atom stereocenters. The maximum Gasteiger partial charge on any atom is 0.197 e. The molecule has 0 saturated heterocycles. The van der Waals surface area contributed by atoms with Gasteiger partial charge in [0.2, 0.25) is 0 Å². The first-order valence-corrected chi connectivity index (χ1v) is 1.85. The van der Waals surface area contributed by atoms with Gasteiger partial charge in [0.05, 0.1) is 0 Å². The standard InChI is InChI=1S/C4H8.OS/c1-4(2)3;1-2/h1H2,2-3H3;. The van der Waals surface area contributed by atoms with E-state index in [1.165, 1.54) is 5.57 Å². The molecule has 0 atom stereocenters. The van der Waals surface area contributed by atoms with Crippen LogP contribution < -0.4 is 0 Å². The van der Waals surface area contributed by atoms with Crippen molar-refractivity contribution in [2.45, 2.75) is 13.8 Å². The molecule has 0 bridgehead atoms. The molecule has 2 heteroatoms. The molecule has 0 aromatic rings. The first-order chi connectivity index (χ1) is 2.73. The van der Waals surface area contributed by atoms with Crippen molar-refractivity contribution in [3.8, 4) is 0 Å². The third-order valence-corrected chi connectivity index (χ3v) is 0. The molecule has 0 aliphatic carbocycles. The van der Waals surface area contributed by atoms with E-state index in [-0.39, 0.29) is 0 Å². The van der Waals surface area contributed by atoms with E-state index in [4.69, 9.17) is 4.21 Å². The van der Waals surface area contributed by atoms with Gasteiger partial charge in [-0.25, -0.2) is 0 Å². The third-order valence-electron chi connectivity index (χ3n) is 0. The fourth-order valence-corrected chi connectivity index (χ4v) is 0. The lowest BCUT2D eigenvalue weighted by Gasteiger charge is -1.65. The van der Waals surface area contributed by atoms with Gasteiger partial charge in [0.15, 0.2) is 12.5 Å². The molecule has 0 aromatic heterocycles. The molecular formula is C4H8OS. The Morgan fingerprint density at radius 3 is 1.50 bits per heavy atom. The van der Waals surface area contributed by atoms with E-state index < -0.39 is 0 Å². The molecule has 36 valence electrons.